The molecule has 0 radical (unpaired) electrons. The molecule has 0 atom stereocenters. The van der Waals surface area contributed by atoms with Crippen molar-refractivity contribution in [1.29, 1.82) is 0 Å². The van der Waals surface area contributed by atoms with E-state index in [9.17, 15) is 13.6 Å². The van der Waals surface area contributed by atoms with E-state index in [1.807, 2.05) is 25.7 Å². The van der Waals surface area contributed by atoms with Crippen molar-refractivity contribution in [3.05, 3.63) is 60.1 Å². The van der Waals surface area contributed by atoms with E-state index in [0.717, 1.165) is 0 Å². The van der Waals surface area contributed by atoms with Crippen molar-refractivity contribution in [3.8, 4) is 22.7 Å². The number of rotatable bonds is 6. The summed E-state index contributed by atoms with van der Waals surface area (Å²) in [5.74, 6) is -1.24. The van der Waals surface area contributed by atoms with Gasteiger partial charge >= 0.3 is 12.5 Å². The van der Waals surface area contributed by atoms with Gasteiger partial charge in [-0.3, -0.25) is 4.98 Å². The monoisotopic (exact) mass is 556 g/mol. The molecular formula is C26H27F3N8O3. The fourth-order valence-corrected chi connectivity index (χ4v) is 4.17. The van der Waals surface area contributed by atoms with Gasteiger partial charge in [-0.15, -0.1) is 15.3 Å². The highest BCUT2D eigenvalue weighted by Crippen LogP contribution is 2.30. The number of carbonyl (C=O) groups excluding carboxylic acids is 1. The number of benzene rings is 1. The molecule has 40 heavy (non-hydrogen) atoms. The number of carbonyl (C=O) groups is 1. The van der Waals surface area contributed by atoms with Gasteiger partial charge < -0.3 is 19.0 Å². The summed E-state index contributed by atoms with van der Waals surface area (Å²) < 4.78 is 52.9. The van der Waals surface area contributed by atoms with Crippen LogP contribution in [0.1, 0.15) is 38.8 Å². The molecule has 1 aliphatic heterocycles. The number of hydrogen-bond donors (Lipinski definition) is 0. The number of pyridine rings is 1. The third-order valence-corrected chi connectivity index (χ3v) is 6.09. The molecule has 1 aromatic carbocycles. The Morgan fingerprint density at radius 3 is 2.50 bits per heavy atom. The Hall–Kier alpha value is -4.49. The number of hydrogen-bond acceptors (Lipinski definition) is 9. The average molecular weight is 557 g/mol. The molecule has 1 saturated heterocycles. The molecule has 0 unspecified atom stereocenters. The lowest BCUT2D eigenvalue weighted by Gasteiger charge is -2.37. The summed E-state index contributed by atoms with van der Waals surface area (Å²) in [5.41, 5.74) is 1.49. The number of anilines is 1. The summed E-state index contributed by atoms with van der Waals surface area (Å²) in [6.07, 6.45) is -0.181. The van der Waals surface area contributed by atoms with E-state index in [0.29, 0.717) is 54.4 Å². The Kier molecular flexibility index (Phi) is 7.41. The highest BCUT2D eigenvalue weighted by Gasteiger charge is 2.27. The van der Waals surface area contributed by atoms with Gasteiger partial charge in [0.1, 0.15) is 11.3 Å². The van der Waals surface area contributed by atoms with Crippen molar-refractivity contribution in [1.82, 2.24) is 35.1 Å². The fraction of sp³-hybridized carbons (Fsp3) is 0.385. The van der Waals surface area contributed by atoms with Crippen molar-refractivity contribution >= 4 is 11.8 Å². The molecule has 4 heterocycles. The molecule has 0 bridgehead atoms. The first-order valence-corrected chi connectivity index (χ1v) is 12.6. The number of ether oxygens (including phenoxy) is 1. The largest absolute Gasteiger partial charge is 0.444 e. The summed E-state index contributed by atoms with van der Waals surface area (Å²) in [6.45, 7) is 7.45. The van der Waals surface area contributed by atoms with Crippen LogP contribution < -0.4 is 4.90 Å². The number of halogens is 3. The molecule has 5 rings (SSSR count). The molecule has 11 nitrogen and oxygen atoms in total. The molecule has 1 fully saturated rings. The lowest BCUT2D eigenvalue weighted by atomic mass is 10.1. The molecule has 14 heteroatoms. The van der Waals surface area contributed by atoms with Crippen molar-refractivity contribution in [2.24, 2.45) is 0 Å². The molecule has 0 N–H and O–H groups in total. The van der Waals surface area contributed by atoms with Crippen LogP contribution in [0.5, 0.6) is 0 Å². The predicted molar refractivity (Wildman–Crippen MR) is 137 cm³/mol. The third-order valence-electron chi connectivity index (χ3n) is 6.09. The first kappa shape index (κ1) is 27.1. The van der Waals surface area contributed by atoms with Gasteiger partial charge in [-0.2, -0.15) is 8.78 Å². The summed E-state index contributed by atoms with van der Waals surface area (Å²) >= 11 is 0. The summed E-state index contributed by atoms with van der Waals surface area (Å²) in [4.78, 5) is 20.2. The van der Waals surface area contributed by atoms with E-state index in [1.165, 1.54) is 10.9 Å². The van der Waals surface area contributed by atoms with Crippen molar-refractivity contribution in [2.45, 2.75) is 39.3 Å². The minimum atomic E-state index is -2.85. The van der Waals surface area contributed by atoms with Crippen LogP contribution in [0.3, 0.4) is 0 Å². The number of amides is 1. The maximum Gasteiger partial charge on any atom is 0.410 e. The lowest BCUT2D eigenvalue weighted by Crippen LogP contribution is -2.50. The number of aromatic nitrogens is 6. The van der Waals surface area contributed by atoms with Crippen molar-refractivity contribution < 1.29 is 27.1 Å². The zero-order valence-corrected chi connectivity index (χ0v) is 22.1. The Labute approximate surface area is 227 Å². The second-order valence-corrected chi connectivity index (χ2v) is 10.2. The number of nitrogens with zero attached hydrogens (tertiary/aromatic N) is 8. The molecule has 3 aromatic heterocycles. The van der Waals surface area contributed by atoms with Gasteiger partial charge in [0.25, 0.3) is 5.89 Å². The van der Waals surface area contributed by atoms with Gasteiger partial charge in [-0.05, 0) is 45.0 Å². The van der Waals surface area contributed by atoms with Crippen molar-refractivity contribution in [3.63, 3.8) is 0 Å². The minimum absolute atomic E-state index is 0.0565. The number of alkyl halides is 2. The minimum Gasteiger partial charge on any atom is -0.444 e. The Balaban J connectivity index is 1.24. The summed E-state index contributed by atoms with van der Waals surface area (Å²) in [7, 11) is 0. The van der Waals surface area contributed by atoms with Crippen LogP contribution in [0, 0.1) is 5.82 Å². The van der Waals surface area contributed by atoms with Crippen LogP contribution in [0.15, 0.2) is 47.1 Å². The van der Waals surface area contributed by atoms with Gasteiger partial charge in [-0.1, -0.05) is 11.3 Å². The van der Waals surface area contributed by atoms with Crippen LogP contribution >= 0.6 is 0 Å². The quantitative estimate of drug-likeness (QED) is 0.337. The van der Waals surface area contributed by atoms with Gasteiger partial charge in [0.05, 0.1) is 29.7 Å². The second kappa shape index (κ2) is 10.9. The zero-order valence-electron chi connectivity index (χ0n) is 22.1. The summed E-state index contributed by atoms with van der Waals surface area (Å²) in [5, 5.41) is 15.1. The molecule has 210 valence electrons. The summed E-state index contributed by atoms with van der Waals surface area (Å²) in [6, 6.07) is 8.38. The molecule has 4 aromatic rings. The Morgan fingerprint density at radius 1 is 1.07 bits per heavy atom. The van der Waals surface area contributed by atoms with E-state index >= 15 is 4.39 Å². The predicted octanol–water partition coefficient (Wildman–Crippen LogP) is 4.57. The fourth-order valence-electron chi connectivity index (χ4n) is 4.17. The second-order valence-electron chi connectivity index (χ2n) is 10.2. The SMILES string of the molecule is CC(C)(C)OC(=O)N1CCN(c2cccc(-c3cn(Cc4ccc(-c5nnc(C(F)F)o5)cn4)nn3)c2F)CC1. The van der Waals surface area contributed by atoms with E-state index in [-0.39, 0.29) is 18.5 Å². The number of piperazine rings is 1. The van der Waals surface area contributed by atoms with Gasteiger partial charge in [0, 0.05) is 37.9 Å². The van der Waals surface area contributed by atoms with Gasteiger partial charge in [0.2, 0.25) is 5.89 Å². The van der Waals surface area contributed by atoms with Gasteiger partial charge in [0.15, 0.2) is 5.82 Å². The van der Waals surface area contributed by atoms with Crippen LogP contribution in [0.4, 0.5) is 23.7 Å². The maximum absolute atomic E-state index is 15.6. The van der Waals surface area contributed by atoms with Crippen LogP contribution in [0.25, 0.3) is 22.7 Å². The van der Waals surface area contributed by atoms with E-state index in [4.69, 9.17) is 9.15 Å². The highest BCUT2D eigenvalue weighted by atomic mass is 19.3. The Morgan fingerprint density at radius 2 is 1.85 bits per heavy atom. The average Bonchev–Trinajstić information content (AvgIpc) is 3.59. The molecule has 0 saturated carbocycles. The van der Waals surface area contributed by atoms with Crippen molar-refractivity contribution in [2.75, 3.05) is 31.1 Å². The smallest absolute Gasteiger partial charge is 0.410 e. The molecule has 0 spiro atoms. The standard InChI is InChI=1S/C26H27F3N8O3/c1-26(2,3)40-25(38)36-11-9-35(10-12-36)20-6-4-5-18(21(20)27)19-15-37(34-31-19)14-17-8-7-16(13-30-17)23-32-33-24(39-23)22(28)29/h4-8,13,15,22H,9-12,14H2,1-3H3. The van der Waals surface area contributed by atoms with Crippen LogP contribution in [0.2, 0.25) is 0 Å². The normalized spacial score (nSPS) is 14.2. The van der Waals surface area contributed by atoms with Crippen LogP contribution in [-0.4, -0.2) is 72.9 Å². The molecule has 1 aliphatic rings. The molecular weight excluding hydrogens is 529 g/mol. The molecule has 0 aliphatic carbocycles. The van der Waals surface area contributed by atoms with E-state index < -0.39 is 23.7 Å². The lowest BCUT2D eigenvalue weighted by molar-refractivity contribution is 0.0240. The topological polar surface area (TPSA) is 115 Å². The van der Waals surface area contributed by atoms with Crippen LogP contribution in [-0.2, 0) is 11.3 Å². The maximum atomic E-state index is 15.6. The first-order valence-electron chi connectivity index (χ1n) is 12.6. The van der Waals surface area contributed by atoms with E-state index in [1.54, 1.807) is 41.4 Å². The first-order chi connectivity index (χ1) is 19.1. The molecule has 1 amide bonds. The third kappa shape index (κ3) is 6.05. The Bertz CT molecular complexity index is 1480. The van der Waals surface area contributed by atoms with Gasteiger partial charge in [-0.25, -0.2) is 13.9 Å². The highest BCUT2D eigenvalue weighted by molar-refractivity contribution is 5.69. The van der Waals surface area contributed by atoms with E-state index in [2.05, 4.69) is 25.5 Å². The zero-order chi connectivity index (χ0) is 28.4.